The highest BCUT2D eigenvalue weighted by atomic mass is 32.2. The zero-order valence-electron chi connectivity index (χ0n) is 12.4. The molecule has 3 fully saturated rings. The Morgan fingerprint density at radius 1 is 1.35 bits per heavy atom. The molecular weight excluding hydrogens is 266 g/mol. The zero-order valence-corrected chi connectivity index (χ0v) is 13.3. The first-order valence-corrected chi connectivity index (χ1v) is 9.32. The van der Waals surface area contributed by atoms with Crippen molar-refractivity contribution < 1.29 is 4.79 Å². The maximum atomic E-state index is 13.0. The zero-order chi connectivity index (χ0) is 13.7. The molecular formula is C17H25NOS. The summed E-state index contributed by atoms with van der Waals surface area (Å²) < 4.78 is 0.423. The second-order valence-electron chi connectivity index (χ2n) is 7.12. The molecule has 0 aromatic heterocycles. The normalized spacial score (nSPS) is 42.8. The number of likely N-dealkylation sites (tertiary alicyclic amines) is 1. The van der Waals surface area contributed by atoms with Crippen molar-refractivity contribution in [3.8, 4) is 0 Å². The van der Waals surface area contributed by atoms with E-state index in [9.17, 15) is 4.79 Å². The van der Waals surface area contributed by atoms with Crippen LogP contribution in [-0.2, 0) is 4.79 Å². The van der Waals surface area contributed by atoms with Gasteiger partial charge in [-0.15, -0.1) is 11.8 Å². The minimum absolute atomic E-state index is 0.395. The van der Waals surface area contributed by atoms with E-state index in [1.54, 1.807) is 0 Å². The fraction of sp³-hybridized carbons (Fsp3) is 0.824. The van der Waals surface area contributed by atoms with Gasteiger partial charge in [-0.25, -0.2) is 0 Å². The Kier molecular flexibility index (Phi) is 3.17. The van der Waals surface area contributed by atoms with Crippen molar-refractivity contribution >= 4 is 17.7 Å². The molecule has 4 atom stereocenters. The van der Waals surface area contributed by atoms with Gasteiger partial charge < -0.3 is 4.90 Å². The molecule has 2 aliphatic heterocycles. The molecule has 20 heavy (non-hydrogen) atoms. The number of carbonyl (C=O) groups is 1. The fourth-order valence-corrected chi connectivity index (χ4v) is 6.14. The maximum absolute atomic E-state index is 13.0. The molecule has 0 spiro atoms. The Hall–Kier alpha value is -0.440. The highest BCUT2D eigenvalue weighted by Gasteiger charge is 2.60. The van der Waals surface area contributed by atoms with Crippen molar-refractivity contribution in [2.75, 3.05) is 6.54 Å². The van der Waals surface area contributed by atoms with E-state index in [1.165, 1.54) is 51.4 Å². The maximum Gasteiger partial charge on any atom is 0.250 e. The van der Waals surface area contributed by atoms with Gasteiger partial charge in [0.1, 0.15) is 0 Å². The number of thioether (sulfide) groups is 1. The van der Waals surface area contributed by atoms with Crippen molar-refractivity contribution in [3.63, 3.8) is 0 Å². The number of carbonyl (C=O) groups excluding carboxylic acids is 1. The summed E-state index contributed by atoms with van der Waals surface area (Å²) in [7, 11) is 0. The van der Waals surface area contributed by atoms with E-state index >= 15 is 0 Å². The summed E-state index contributed by atoms with van der Waals surface area (Å²) in [5.41, 5.74) is 1.16. The summed E-state index contributed by atoms with van der Waals surface area (Å²) in [6.45, 7) is 3.28. The van der Waals surface area contributed by atoms with Gasteiger partial charge in [0.2, 0.25) is 0 Å². The largest absolute Gasteiger partial charge is 0.336 e. The lowest BCUT2D eigenvalue weighted by Gasteiger charge is -2.44. The molecule has 4 unspecified atom stereocenters. The van der Waals surface area contributed by atoms with Crippen LogP contribution in [0.2, 0.25) is 0 Å². The van der Waals surface area contributed by atoms with Gasteiger partial charge in [0.15, 0.2) is 0 Å². The first kappa shape index (κ1) is 13.2. The van der Waals surface area contributed by atoms with Crippen LogP contribution in [0.4, 0.5) is 0 Å². The molecule has 0 bridgehead atoms. The Morgan fingerprint density at radius 2 is 2.15 bits per heavy atom. The topological polar surface area (TPSA) is 20.3 Å². The minimum Gasteiger partial charge on any atom is -0.336 e. The van der Waals surface area contributed by atoms with Crippen LogP contribution in [0.3, 0.4) is 0 Å². The first-order chi connectivity index (χ1) is 9.75. The molecule has 2 heterocycles. The van der Waals surface area contributed by atoms with Crippen LogP contribution in [0.25, 0.3) is 0 Å². The fourth-order valence-electron chi connectivity index (χ4n) is 4.79. The Morgan fingerprint density at radius 3 is 2.90 bits per heavy atom. The van der Waals surface area contributed by atoms with Crippen LogP contribution >= 0.6 is 11.8 Å². The van der Waals surface area contributed by atoms with Crippen molar-refractivity contribution in [3.05, 3.63) is 11.0 Å². The van der Waals surface area contributed by atoms with Crippen LogP contribution in [0.15, 0.2) is 11.0 Å². The molecule has 2 nitrogen and oxygen atoms in total. The molecule has 1 amide bonds. The summed E-state index contributed by atoms with van der Waals surface area (Å²) in [5.74, 6) is 1.77. The predicted molar refractivity (Wildman–Crippen MR) is 83.5 cm³/mol. The van der Waals surface area contributed by atoms with E-state index in [0.717, 1.165) is 18.0 Å². The van der Waals surface area contributed by atoms with Crippen LogP contribution in [-0.4, -0.2) is 28.1 Å². The van der Waals surface area contributed by atoms with E-state index < -0.39 is 0 Å². The van der Waals surface area contributed by atoms with E-state index in [2.05, 4.69) is 17.2 Å². The van der Waals surface area contributed by atoms with Crippen molar-refractivity contribution in [2.24, 2.45) is 11.8 Å². The van der Waals surface area contributed by atoms with Gasteiger partial charge in [0.25, 0.3) is 5.91 Å². The second-order valence-corrected chi connectivity index (χ2v) is 8.40. The standard InChI is InChI=1S/C17H25NOS/c1-2-17-10-14(17)13(11-20-17)16(19)18-9-5-7-12-6-3-4-8-15(12)18/h11-12,14-15H,2-10H2,1H3. The van der Waals surface area contributed by atoms with E-state index in [1.807, 2.05) is 11.8 Å². The number of piperidine rings is 1. The van der Waals surface area contributed by atoms with Crippen molar-refractivity contribution in [1.29, 1.82) is 0 Å². The Labute approximate surface area is 126 Å². The lowest BCUT2D eigenvalue weighted by molar-refractivity contribution is -0.133. The van der Waals surface area contributed by atoms with Gasteiger partial charge in [0, 0.05) is 28.8 Å². The van der Waals surface area contributed by atoms with Crippen molar-refractivity contribution in [2.45, 2.75) is 69.1 Å². The summed E-state index contributed by atoms with van der Waals surface area (Å²) in [5, 5.41) is 2.20. The summed E-state index contributed by atoms with van der Waals surface area (Å²) in [6.07, 6.45) is 10.3. The quantitative estimate of drug-likeness (QED) is 0.767. The molecule has 0 aromatic rings. The van der Waals surface area contributed by atoms with Crippen LogP contribution in [0.5, 0.6) is 0 Å². The SMILES string of the molecule is CCC12CC1C(C(=O)N1CCCC3CCCCC31)=CS2. The van der Waals surface area contributed by atoms with E-state index in [0.29, 0.717) is 22.6 Å². The molecule has 1 saturated heterocycles. The van der Waals surface area contributed by atoms with Crippen LogP contribution in [0.1, 0.15) is 58.3 Å². The minimum atomic E-state index is 0.395. The molecule has 0 aromatic carbocycles. The van der Waals surface area contributed by atoms with Gasteiger partial charge >= 0.3 is 0 Å². The third-order valence-corrected chi connectivity index (χ3v) is 7.75. The summed E-state index contributed by atoms with van der Waals surface area (Å²) in [4.78, 5) is 15.3. The average Bonchev–Trinajstić information content (AvgIpc) is 3.12. The molecule has 2 saturated carbocycles. The first-order valence-electron chi connectivity index (χ1n) is 8.44. The summed E-state index contributed by atoms with van der Waals surface area (Å²) >= 11 is 1.94. The Bertz CT molecular complexity index is 458. The van der Waals surface area contributed by atoms with Gasteiger partial charge in [-0.1, -0.05) is 19.8 Å². The number of hydrogen-bond acceptors (Lipinski definition) is 2. The third-order valence-electron chi connectivity index (χ3n) is 6.17. The molecule has 4 aliphatic rings. The van der Waals surface area contributed by atoms with Crippen molar-refractivity contribution in [1.82, 2.24) is 4.90 Å². The molecule has 2 aliphatic carbocycles. The number of amides is 1. The summed E-state index contributed by atoms with van der Waals surface area (Å²) in [6, 6.07) is 0.561. The van der Waals surface area contributed by atoms with E-state index in [4.69, 9.17) is 0 Å². The smallest absolute Gasteiger partial charge is 0.250 e. The van der Waals surface area contributed by atoms with Gasteiger partial charge in [-0.05, 0) is 49.9 Å². The Balaban J connectivity index is 1.51. The monoisotopic (exact) mass is 291 g/mol. The highest BCUT2D eigenvalue weighted by Crippen LogP contribution is 2.65. The number of fused-ring (bicyclic) bond motifs is 2. The lowest BCUT2D eigenvalue weighted by Crippen LogP contribution is -2.50. The molecule has 0 N–H and O–H groups in total. The molecule has 4 rings (SSSR count). The highest BCUT2D eigenvalue weighted by molar-refractivity contribution is 8.04. The average molecular weight is 291 g/mol. The number of hydrogen-bond donors (Lipinski definition) is 0. The molecule has 0 radical (unpaired) electrons. The van der Waals surface area contributed by atoms with Gasteiger partial charge in [-0.3, -0.25) is 4.79 Å². The molecule has 110 valence electrons. The second kappa shape index (κ2) is 4.79. The third kappa shape index (κ3) is 1.88. The number of nitrogens with zero attached hydrogens (tertiary/aromatic N) is 1. The number of rotatable bonds is 2. The van der Waals surface area contributed by atoms with Crippen LogP contribution < -0.4 is 0 Å². The lowest BCUT2D eigenvalue weighted by atomic mass is 9.78. The van der Waals surface area contributed by atoms with Gasteiger partial charge in [0.05, 0.1) is 0 Å². The van der Waals surface area contributed by atoms with E-state index in [-0.39, 0.29) is 0 Å². The van der Waals surface area contributed by atoms with Gasteiger partial charge in [-0.2, -0.15) is 0 Å². The predicted octanol–water partition coefficient (Wildman–Crippen LogP) is 3.97. The van der Waals surface area contributed by atoms with Crippen LogP contribution in [0, 0.1) is 11.8 Å². The molecule has 3 heteroatoms.